The first kappa shape index (κ1) is 26.6. The van der Waals surface area contributed by atoms with E-state index < -0.39 is 14.9 Å². The zero-order valence-corrected chi connectivity index (χ0v) is 20.7. The topological polar surface area (TPSA) is 110 Å². The number of anilines is 1. The molecule has 8 nitrogen and oxygen atoms in total. The minimum atomic E-state index is -3.79. The molecule has 0 aliphatic carbocycles. The van der Waals surface area contributed by atoms with E-state index in [1.54, 1.807) is 24.3 Å². The Labute approximate surface area is 200 Å². The van der Waals surface area contributed by atoms with Crippen molar-refractivity contribution in [1.82, 2.24) is 5.32 Å². The number of sulfonamides is 1. The van der Waals surface area contributed by atoms with Crippen LogP contribution in [0.3, 0.4) is 0 Å². The zero-order valence-electron chi connectivity index (χ0n) is 19.1. The van der Waals surface area contributed by atoms with E-state index >= 15 is 0 Å². The largest absolute Gasteiger partial charge is 0.352 e. The van der Waals surface area contributed by atoms with Crippen LogP contribution in [0.4, 0.5) is 11.4 Å². The van der Waals surface area contributed by atoms with Crippen LogP contribution in [-0.2, 0) is 16.6 Å². The lowest BCUT2D eigenvalue weighted by Gasteiger charge is -2.23. The van der Waals surface area contributed by atoms with Gasteiger partial charge in [-0.25, -0.2) is 8.42 Å². The molecule has 2 aromatic carbocycles. The van der Waals surface area contributed by atoms with Gasteiger partial charge in [0.05, 0.1) is 28.4 Å². The molecular weight excluding hydrogens is 466 g/mol. The fraction of sp³-hybridized carbons (Fsp3) is 0.435. The van der Waals surface area contributed by atoms with Crippen molar-refractivity contribution in [3.63, 3.8) is 0 Å². The van der Waals surface area contributed by atoms with Crippen LogP contribution >= 0.6 is 11.6 Å². The molecule has 0 radical (unpaired) electrons. The van der Waals surface area contributed by atoms with Gasteiger partial charge in [-0.2, -0.15) is 0 Å². The van der Waals surface area contributed by atoms with Crippen LogP contribution in [0.25, 0.3) is 0 Å². The molecule has 1 amide bonds. The number of carbonyl (C=O) groups excluding carboxylic acids is 1. The molecule has 0 bridgehead atoms. The second kappa shape index (κ2) is 12.0. The number of nitro groups is 1. The predicted octanol–water partition coefficient (Wildman–Crippen LogP) is 5.16. The smallest absolute Gasteiger partial charge is 0.271 e. The van der Waals surface area contributed by atoms with Crippen molar-refractivity contribution in [2.75, 3.05) is 17.1 Å². The summed E-state index contributed by atoms with van der Waals surface area (Å²) in [5.41, 5.74) is 0.838. The summed E-state index contributed by atoms with van der Waals surface area (Å²) >= 11 is 6.16. The predicted molar refractivity (Wildman–Crippen MR) is 131 cm³/mol. The van der Waals surface area contributed by atoms with E-state index in [4.69, 9.17) is 11.6 Å². The van der Waals surface area contributed by atoms with Gasteiger partial charge in [0.1, 0.15) is 0 Å². The van der Waals surface area contributed by atoms with Gasteiger partial charge >= 0.3 is 0 Å². The average Bonchev–Trinajstić information content (AvgIpc) is 2.77. The summed E-state index contributed by atoms with van der Waals surface area (Å²) in [6.07, 6.45) is 5.34. The molecule has 1 atom stereocenters. The lowest BCUT2D eigenvalue weighted by Crippen LogP contribution is -2.30. The normalized spacial score (nSPS) is 12.2. The number of halogens is 1. The summed E-state index contributed by atoms with van der Waals surface area (Å²) in [5.74, 6) is 0.259. The van der Waals surface area contributed by atoms with Gasteiger partial charge in [0, 0.05) is 24.2 Å². The van der Waals surface area contributed by atoms with E-state index in [-0.39, 0.29) is 28.8 Å². The molecule has 0 aromatic heterocycles. The van der Waals surface area contributed by atoms with Crippen molar-refractivity contribution in [3.05, 3.63) is 68.7 Å². The molecule has 0 heterocycles. The number of benzene rings is 2. The summed E-state index contributed by atoms with van der Waals surface area (Å²) in [7, 11) is -3.79. The quantitative estimate of drug-likeness (QED) is 0.323. The first-order valence-electron chi connectivity index (χ1n) is 10.9. The third-order valence-electron chi connectivity index (χ3n) is 5.45. The second-order valence-electron chi connectivity index (χ2n) is 7.99. The van der Waals surface area contributed by atoms with Gasteiger partial charge < -0.3 is 5.32 Å². The van der Waals surface area contributed by atoms with Crippen molar-refractivity contribution in [1.29, 1.82) is 0 Å². The number of unbranched alkanes of at least 4 members (excludes halogenated alkanes) is 1. The van der Waals surface area contributed by atoms with E-state index in [2.05, 4.69) is 19.2 Å². The maximum absolute atomic E-state index is 12.5. The lowest BCUT2D eigenvalue weighted by molar-refractivity contribution is -0.384. The molecule has 1 N–H and O–H groups in total. The third kappa shape index (κ3) is 7.71. The second-order valence-corrected chi connectivity index (χ2v) is 10.3. The number of nitrogens with one attached hydrogen (secondary N) is 1. The average molecular weight is 496 g/mol. The van der Waals surface area contributed by atoms with E-state index in [1.807, 2.05) is 0 Å². The number of nitrogens with zero attached hydrogens (tertiary/aromatic N) is 2. The monoisotopic (exact) mass is 495 g/mol. The zero-order chi connectivity index (χ0) is 24.6. The summed E-state index contributed by atoms with van der Waals surface area (Å²) in [4.78, 5) is 23.0. The molecular formula is C23H30ClN3O5S. The van der Waals surface area contributed by atoms with Gasteiger partial charge in [0.2, 0.25) is 10.0 Å². The van der Waals surface area contributed by atoms with Crippen molar-refractivity contribution < 1.29 is 18.1 Å². The molecule has 33 heavy (non-hydrogen) atoms. The highest BCUT2D eigenvalue weighted by atomic mass is 35.5. The van der Waals surface area contributed by atoms with Crippen LogP contribution in [-0.4, -0.2) is 32.0 Å². The first-order valence-corrected chi connectivity index (χ1v) is 13.1. The molecule has 0 saturated carbocycles. The van der Waals surface area contributed by atoms with E-state index in [1.165, 1.54) is 12.1 Å². The molecule has 0 unspecified atom stereocenters. The number of hydrogen-bond donors (Lipinski definition) is 1. The molecule has 2 rings (SSSR count). The van der Waals surface area contributed by atoms with Gasteiger partial charge in [0.15, 0.2) is 0 Å². The number of carbonyl (C=O) groups is 1. The summed E-state index contributed by atoms with van der Waals surface area (Å²) in [6, 6.07) is 10.2. The molecule has 180 valence electrons. The summed E-state index contributed by atoms with van der Waals surface area (Å²) in [6.45, 7) is 4.79. The Balaban J connectivity index is 2.16. The fourth-order valence-corrected chi connectivity index (χ4v) is 4.56. The van der Waals surface area contributed by atoms with Gasteiger partial charge in [-0.05, 0) is 36.1 Å². The number of rotatable bonds is 12. The van der Waals surface area contributed by atoms with Gasteiger partial charge in [-0.15, -0.1) is 0 Å². The van der Waals surface area contributed by atoms with Gasteiger partial charge in [-0.3, -0.25) is 19.2 Å². The molecule has 0 aliphatic heterocycles. The van der Waals surface area contributed by atoms with Crippen LogP contribution in [0, 0.1) is 16.0 Å². The van der Waals surface area contributed by atoms with Crippen molar-refractivity contribution in [2.45, 2.75) is 46.1 Å². The number of amides is 1. The SMILES string of the molecule is CCCC[C@H](CC)CNC(=O)c1ccc(CN(c2cc([N+](=O)[O-])ccc2Cl)S(C)(=O)=O)cc1. The molecule has 0 fully saturated rings. The number of non-ortho nitro benzene ring substituents is 1. The standard InChI is InChI=1S/C23H30ClN3O5S/c1-4-6-7-17(5-2)15-25-23(28)19-10-8-18(9-11-19)16-26(33(3,31)32)22-14-20(27(29)30)12-13-21(22)24/h8-14,17H,4-7,15-16H2,1-3H3,(H,25,28)/t17-/m0/s1. The number of hydrogen-bond acceptors (Lipinski definition) is 5. The fourth-order valence-electron chi connectivity index (χ4n) is 3.40. The highest BCUT2D eigenvalue weighted by Crippen LogP contribution is 2.32. The molecule has 0 saturated heterocycles. The van der Waals surface area contributed by atoms with Crippen molar-refractivity contribution in [2.24, 2.45) is 5.92 Å². The van der Waals surface area contributed by atoms with Gasteiger partial charge in [-0.1, -0.05) is 56.8 Å². The van der Waals surface area contributed by atoms with E-state index in [0.29, 0.717) is 23.6 Å². The molecule has 0 spiro atoms. The highest BCUT2D eigenvalue weighted by molar-refractivity contribution is 7.92. The Morgan fingerprint density at radius 2 is 1.85 bits per heavy atom. The van der Waals surface area contributed by atoms with Crippen LogP contribution in [0.1, 0.15) is 55.5 Å². The molecule has 2 aromatic rings. The molecule has 10 heteroatoms. The van der Waals surface area contributed by atoms with E-state index in [0.717, 1.165) is 42.3 Å². The molecule has 0 aliphatic rings. The highest BCUT2D eigenvalue weighted by Gasteiger charge is 2.23. The Kier molecular flexibility index (Phi) is 9.67. The Hall–Kier alpha value is -2.65. The van der Waals surface area contributed by atoms with Crippen LogP contribution in [0.5, 0.6) is 0 Å². The maximum atomic E-state index is 12.5. The van der Waals surface area contributed by atoms with Gasteiger partial charge in [0.25, 0.3) is 11.6 Å². The van der Waals surface area contributed by atoms with E-state index in [9.17, 15) is 23.3 Å². The minimum absolute atomic E-state index is 0.0212. The van der Waals surface area contributed by atoms with Crippen LogP contribution < -0.4 is 9.62 Å². The Morgan fingerprint density at radius 3 is 2.39 bits per heavy atom. The summed E-state index contributed by atoms with van der Waals surface area (Å²) in [5, 5.41) is 14.2. The summed E-state index contributed by atoms with van der Waals surface area (Å²) < 4.78 is 25.9. The lowest BCUT2D eigenvalue weighted by atomic mass is 9.99. The Bertz CT molecular complexity index is 1070. The third-order valence-corrected chi connectivity index (χ3v) is 6.89. The van der Waals surface area contributed by atoms with Crippen LogP contribution in [0.2, 0.25) is 5.02 Å². The maximum Gasteiger partial charge on any atom is 0.271 e. The van der Waals surface area contributed by atoms with Crippen molar-refractivity contribution >= 4 is 38.9 Å². The number of nitro benzene ring substituents is 1. The minimum Gasteiger partial charge on any atom is -0.352 e. The Morgan fingerprint density at radius 1 is 1.18 bits per heavy atom. The first-order chi connectivity index (χ1) is 15.6. The van der Waals surface area contributed by atoms with Crippen molar-refractivity contribution in [3.8, 4) is 0 Å². The van der Waals surface area contributed by atoms with Crippen LogP contribution in [0.15, 0.2) is 42.5 Å².